The van der Waals surface area contributed by atoms with Crippen LogP contribution in [0.25, 0.3) is 0 Å². The van der Waals surface area contributed by atoms with E-state index in [2.05, 4.69) is 10.6 Å². The Bertz CT molecular complexity index is 528. The normalized spacial score (nSPS) is 20.7. The van der Waals surface area contributed by atoms with Crippen molar-refractivity contribution in [3.63, 3.8) is 0 Å². The molecule has 2 atom stereocenters. The third-order valence-corrected chi connectivity index (χ3v) is 3.25. The van der Waals surface area contributed by atoms with E-state index in [1.165, 1.54) is 18.2 Å². The first kappa shape index (κ1) is 19.5. The number of benzene rings is 1. The minimum absolute atomic E-state index is 0. The number of nitrogens with one attached hydrogen (secondary N) is 2. The summed E-state index contributed by atoms with van der Waals surface area (Å²) in [5.74, 6) is -0.667. The molecule has 1 aromatic rings. The molecule has 0 saturated carbocycles. The topological polar surface area (TPSA) is 50.4 Å². The maximum atomic E-state index is 12.9. The van der Waals surface area contributed by atoms with Crippen LogP contribution in [0, 0.1) is 0 Å². The van der Waals surface area contributed by atoms with Gasteiger partial charge in [-0.05, 0) is 12.1 Å². The predicted octanol–water partition coefficient (Wildman–Crippen LogP) is 2.32. The maximum absolute atomic E-state index is 12.9. The zero-order chi connectivity index (χ0) is 16.2. The third kappa shape index (κ3) is 5.54. The number of hydrogen-bond acceptors (Lipinski definition) is 3. The van der Waals surface area contributed by atoms with Crippen LogP contribution < -0.4 is 15.4 Å². The summed E-state index contributed by atoms with van der Waals surface area (Å²) in [4.78, 5) is 11.7. The molecule has 23 heavy (non-hydrogen) atoms. The Balaban J connectivity index is 0.00000264. The van der Waals surface area contributed by atoms with Crippen LogP contribution in [0.1, 0.15) is 12.0 Å². The van der Waals surface area contributed by atoms with Gasteiger partial charge in [-0.3, -0.25) is 4.79 Å². The van der Waals surface area contributed by atoms with E-state index < -0.39 is 24.0 Å². The lowest BCUT2D eigenvalue weighted by molar-refractivity contribution is -0.139. The second-order valence-electron chi connectivity index (χ2n) is 4.93. The molecule has 1 saturated heterocycles. The molecule has 1 aliphatic rings. The molecule has 2 N–H and O–H groups in total. The largest absolute Gasteiger partial charge is 0.491 e. The van der Waals surface area contributed by atoms with Gasteiger partial charge in [-0.2, -0.15) is 13.2 Å². The molecule has 1 heterocycles. The van der Waals surface area contributed by atoms with E-state index in [0.717, 1.165) is 6.07 Å². The van der Waals surface area contributed by atoms with Crippen LogP contribution in [0.5, 0.6) is 5.75 Å². The zero-order valence-electron chi connectivity index (χ0n) is 12.0. The fraction of sp³-hybridized carbons (Fsp3) is 0.500. The van der Waals surface area contributed by atoms with Crippen LogP contribution in [-0.2, 0) is 11.0 Å². The van der Waals surface area contributed by atoms with Crippen molar-refractivity contribution < 1.29 is 27.1 Å². The van der Waals surface area contributed by atoms with Gasteiger partial charge >= 0.3 is 6.18 Å². The van der Waals surface area contributed by atoms with E-state index in [0.29, 0.717) is 0 Å². The van der Waals surface area contributed by atoms with E-state index in [-0.39, 0.29) is 50.2 Å². The lowest BCUT2D eigenvalue weighted by Crippen LogP contribution is -2.41. The zero-order valence-corrected chi connectivity index (χ0v) is 12.8. The number of carbonyl (C=O) groups is 1. The molecule has 1 aromatic carbocycles. The number of carbonyl (C=O) groups excluding carboxylic acids is 1. The van der Waals surface area contributed by atoms with Crippen LogP contribution in [-0.4, -0.2) is 37.8 Å². The van der Waals surface area contributed by atoms with Gasteiger partial charge in [0.2, 0.25) is 5.91 Å². The average molecular weight is 357 g/mol. The molecule has 130 valence electrons. The predicted molar refractivity (Wildman–Crippen MR) is 78.5 cm³/mol. The van der Waals surface area contributed by atoms with E-state index in [9.17, 15) is 22.4 Å². The number of alkyl halides is 4. The Hall–Kier alpha value is -1.54. The summed E-state index contributed by atoms with van der Waals surface area (Å²) in [6.45, 7) is 0.0678. The third-order valence-electron chi connectivity index (χ3n) is 3.25. The van der Waals surface area contributed by atoms with Gasteiger partial charge in [0.25, 0.3) is 0 Å². The molecule has 4 nitrogen and oxygen atoms in total. The van der Waals surface area contributed by atoms with Crippen LogP contribution in [0.4, 0.5) is 17.6 Å². The second-order valence-corrected chi connectivity index (χ2v) is 4.93. The maximum Gasteiger partial charge on any atom is 0.419 e. The summed E-state index contributed by atoms with van der Waals surface area (Å²) in [6.07, 6.45) is -5.45. The molecule has 0 radical (unpaired) electrons. The van der Waals surface area contributed by atoms with Gasteiger partial charge in [0.1, 0.15) is 18.5 Å². The van der Waals surface area contributed by atoms with E-state index in [1.807, 2.05) is 0 Å². The molecule has 1 amide bonds. The summed E-state index contributed by atoms with van der Waals surface area (Å²) in [6, 6.07) is 4.26. The Morgan fingerprint density at radius 1 is 1.35 bits per heavy atom. The van der Waals surface area contributed by atoms with Crippen molar-refractivity contribution in [1.82, 2.24) is 10.6 Å². The molecular weight excluding hydrogens is 340 g/mol. The molecular formula is C14H17ClF4N2O2. The van der Waals surface area contributed by atoms with Gasteiger partial charge in [-0.15, -0.1) is 12.4 Å². The summed E-state index contributed by atoms with van der Waals surface area (Å²) in [5.41, 5.74) is -0.862. The molecule has 1 aliphatic heterocycles. The number of hydrogen-bond donors (Lipinski definition) is 2. The quantitative estimate of drug-likeness (QED) is 0.629. The number of para-hydroxylation sites is 1. The molecule has 0 spiro atoms. The highest BCUT2D eigenvalue weighted by Gasteiger charge is 2.34. The first-order chi connectivity index (χ1) is 10.4. The van der Waals surface area contributed by atoms with Crippen molar-refractivity contribution in [3.8, 4) is 5.75 Å². The van der Waals surface area contributed by atoms with Gasteiger partial charge in [-0.1, -0.05) is 12.1 Å². The van der Waals surface area contributed by atoms with Gasteiger partial charge in [0.15, 0.2) is 0 Å². The van der Waals surface area contributed by atoms with Crippen molar-refractivity contribution in [1.29, 1.82) is 0 Å². The van der Waals surface area contributed by atoms with Crippen LogP contribution in [0.3, 0.4) is 0 Å². The molecule has 0 unspecified atom stereocenters. The monoisotopic (exact) mass is 356 g/mol. The van der Waals surface area contributed by atoms with Crippen molar-refractivity contribution >= 4 is 18.3 Å². The van der Waals surface area contributed by atoms with Crippen LogP contribution in [0.2, 0.25) is 0 Å². The summed E-state index contributed by atoms with van der Waals surface area (Å²) >= 11 is 0. The van der Waals surface area contributed by atoms with Crippen molar-refractivity contribution in [3.05, 3.63) is 29.8 Å². The minimum Gasteiger partial charge on any atom is -0.491 e. The number of rotatable bonds is 5. The van der Waals surface area contributed by atoms with Gasteiger partial charge in [0, 0.05) is 13.0 Å². The first-order valence-electron chi connectivity index (χ1n) is 6.82. The molecule has 9 heteroatoms. The Kier molecular flexibility index (Phi) is 7.08. The first-order valence-corrected chi connectivity index (χ1v) is 6.82. The SMILES string of the molecule is Cl.O=C(NCCOc1ccccc1C(F)(F)F)[C@H]1C[C@H](F)CN1. The molecule has 2 rings (SSSR count). The Morgan fingerprint density at radius 3 is 2.65 bits per heavy atom. The number of halogens is 5. The van der Waals surface area contributed by atoms with Crippen LogP contribution in [0.15, 0.2) is 24.3 Å². The highest BCUT2D eigenvalue weighted by molar-refractivity contribution is 5.85. The van der Waals surface area contributed by atoms with Crippen molar-refractivity contribution in [2.24, 2.45) is 0 Å². The Morgan fingerprint density at radius 2 is 2.04 bits per heavy atom. The highest BCUT2D eigenvalue weighted by atomic mass is 35.5. The number of amides is 1. The molecule has 0 aromatic heterocycles. The fourth-order valence-corrected chi connectivity index (χ4v) is 2.18. The van der Waals surface area contributed by atoms with E-state index in [1.54, 1.807) is 0 Å². The fourth-order valence-electron chi connectivity index (χ4n) is 2.18. The van der Waals surface area contributed by atoms with Gasteiger partial charge in [-0.25, -0.2) is 4.39 Å². The molecule has 0 bridgehead atoms. The highest BCUT2D eigenvalue weighted by Crippen LogP contribution is 2.35. The smallest absolute Gasteiger partial charge is 0.419 e. The summed E-state index contributed by atoms with van der Waals surface area (Å²) < 4.78 is 56.2. The van der Waals surface area contributed by atoms with Crippen LogP contribution >= 0.6 is 12.4 Å². The number of ether oxygens (including phenoxy) is 1. The molecule has 1 fully saturated rings. The van der Waals surface area contributed by atoms with Gasteiger partial charge in [0.05, 0.1) is 18.2 Å². The Labute approximate surface area is 137 Å². The van der Waals surface area contributed by atoms with E-state index >= 15 is 0 Å². The van der Waals surface area contributed by atoms with Gasteiger partial charge < -0.3 is 15.4 Å². The summed E-state index contributed by atoms with van der Waals surface area (Å²) in [5, 5.41) is 5.22. The lowest BCUT2D eigenvalue weighted by Gasteiger charge is -2.15. The lowest BCUT2D eigenvalue weighted by atomic mass is 10.2. The minimum atomic E-state index is -4.50. The van der Waals surface area contributed by atoms with Crippen molar-refractivity contribution in [2.75, 3.05) is 19.7 Å². The van der Waals surface area contributed by atoms with E-state index in [4.69, 9.17) is 4.74 Å². The standard InChI is InChI=1S/C14H16F4N2O2.ClH/c15-9-7-11(20-8-9)13(21)19-5-6-22-12-4-2-1-3-10(12)14(16,17)18;/h1-4,9,11,20H,5-8H2,(H,19,21);1H/t9-,11+;/m0./s1. The second kappa shape index (κ2) is 8.35. The summed E-state index contributed by atoms with van der Waals surface area (Å²) in [7, 11) is 0. The van der Waals surface area contributed by atoms with Crippen molar-refractivity contribution in [2.45, 2.75) is 24.8 Å². The average Bonchev–Trinajstić information content (AvgIpc) is 2.89. The molecule has 0 aliphatic carbocycles.